The Bertz CT molecular complexity index is 435. The van der Waals surface area contributed by atoms with Gasteiger partial charge < -0.3 is 5.73 Å². The highest BCUT2D eigenvalue weighted by atomic mass is 79.9. The van der Waals surface area contributed by atoms with Crippen LogP contribution in [0.15, 0.2) is 22.7 Å². The molecule has 0 fully saturated rings. The molecular weight excluding hydrogens is 260 g/mol. The van der Waals surface area contributed by atoms with E-state index < -0.39 is 4.92 Å². The van der Waals surface area contributed by atoms with Crippen molar-refractivity contribution in [3.8, 4) is 11.8 Å². The molecular formula is C10H9BrN2O2. The third-order valence-corrected chi connectivity index (χ3v) is 2.14. The predicted molar refractivity (Wildman–Crippen MR) is 61.3 cm³/mol. The molecule has 0 aromatic heterocycles. The van der Waals surface area contributed by atoms with E-state index in [9.17, 15) is 10.1 Å². The third-order valence-electron chi connectivity index (χ3n) is 1.65. The number of hydrogen-bond donors (Lipinski definition) is 1. The first-order valence-corrected chi connectivity index (χ1v) is 5.07. The first-order valence-electron chi connectivity index (χ1n) is 4.28. The molecule has 0 saturated heterocycles. The van der Waals surface area contributed by atoms with Crippen LogP contribution in [0, 0.1) is 22.0 Å². The fourth-order valence-electron chi connectivity index (χ4n) is 0.991. The molecule has 1 rings (SSSR count). The molecule has 0 aliphatic heterocycles. The topological polar surface area (TPSA) is 69.2 Å². The van der Waals surface area contributed by atoms with Gasteiger partial charge in [0.15, 0.2) is 0 Å². The van der Waals surface area contributed by atoms with Gasteiger partial charge in [0.05, 0.1) is 4.92 Å². The molecule has 4 nitrogen and oxygen atoms in total. The lowest BCUT2D eigenvalue weighted by Crippen LogP contribution is -1.96. The second-order valence-electron chi connectivity index (χ2n) is 2.76. The summed E-state index contributed by atoms with van der Waals surface area (Å²) in [5.74, 6) is 5.50. The molecule has 0 spiro atoms. The quantitative estimate of drug-likeness (QED) is 0.507. The van der Waals surface area contributed by atoms with Crippen LogP contribution in [0.5, 0.6) is 0 Å². The van der Waals surface area contributed by atoms with E-state index in [0.29, 0.717) is 23.0 Å². The lowest BCUT2D eigenvalue weighted by molar-refractivity contribution is -0.385. The molecule has 0 bridgehead atoms. The molecule has 1 aromatic rings. The van der Waals surface area contributed by atoms with Crippen molar-refractivity contribution in [1.82, 2.24) is 0 Å². The Hall–Kier alpha value is -1.38. The van der Waals surface area contributed by atoms with Crippen LogP contribution < -0.4 is 5.73 Å². The van der Waals surface area contributed by atoms with Crippen LogP contribution in [-0.4, -0.2) is 11.5 Å². The number of rotatable bonds is 2. The fraction of sp³-hybridized carbons (Fsp3) is 0.200. The number of nitrogens with two attached hydrogens (primary N) is 1. The number of halogens is 1. The van der Waals surface area contributed by atoms with Gasteiger partial charge in [-0.25, -0.2) is 0 Å². The number of nitro groups is 1. The molecule has 0 aliphatic carbocycles. The maximum absolute atomic E-state index is 10.7. The van der Waals surface area contributed by atoms with Crippen LogP contribution in [0.2, 0.25) is 0 Å². The molecule has 1 aromatic carbocycles. The Morgan fingerprint density at radius 1 is 1.53 bits per heavy atom. The SMILES string of the molecule is NCCC#Cc1ccc(Br)cc1[N+](=O)[O-]. The Morgan fingerprint density at radius 3 is 2.87 bits per heavy atom. The first kappa shape index (κ1) is 11.7. The Kier molecular flexibility index (Phi) is 4.28. The number of nitro benzene ring substituents is 1. The van der Waals surface area contributed by atoms with E-state index in [1.54, 1.807) is 12.1 Å². The number of nitrogens with zero attached hydrogens (tertiary/aromatic N) is 1. The fourth-order valence-corrected chi connectivity index (χ4v) is 1.34. The summed E-state index contributed by atoms with van der Waals surface area (Å²) in [6.45, 7) is 0.456. The van der Waals surface area contributed by atoms with Gasteiger partial charge in [-0.3, -0.25) is 10.1 Å². The van der Waals surface area contributed by atoms with Crippen molar-refractivity contribution in [2.45, 2.75) is 6.42 Å². The van der Waals surface area contributed by atoms with Gasteiger partial charge in [0.2, 0.25) is 0 Å². The molecule has 0 amide bonds. The summed E-state index contributed by atoms with van der Waals surface area (Å²) >= 11 is 3.17. The molecule has 0 unspecified atom stereocenters. The van der Waals surface area contributed by atoms with E-state index in [1.165, 1.54) is 6.07 Å². The standard InChI is InChI=1S/C10H9BrN2O2/c11-9-5-4-8(3-1-2-6-12)10(7-9)13(14)15/h4-5,7H,2,6,12H2. The second-order valence-corrected chi connectivity index (χ2v) is 3.67. The van der Waals surface area contributed by atoms with Crippen LogP contribution in [0.4, 0.5) is 5.69 Å². The lowest BCUT2D eigenvalue weighted by Gasteiger charge is -1.95. The minimum absolute atomic E-state index is 0.00824. The minimum atomic E-state index is -0.447. The van der Waals surface area contributed by atoms with E-state index >= 15 is 0 Å². The molecule has 5 heteroatoms. The largest absolute Gasteiger partial charge is 0.330 e. The van der Waals surface area contributed by atoms with Gasteiger partial charge in [-0.05, 0) is 12.1 Å². The highest BCUT2D eigenvalue weighted by molar-refractivity contribution is 9.10. The van der Waals surface area contributed by atoms with Crippen molar-refractivity contribution in [2.75, 3.05) is 6.54 Å². The maximum Gasteiger partial charge on any atom is 0.286 e. The summed E-state index contributed by atoms with van der Waals surface area (Å²) < 4.78 is 0.665. The predicted octanol–water partition coefficient (Wildman–Crippen LogP) is 2.06. The first-order chi connectivity index (χ1) is 7.15. The van der Waals surface area contributed by atoms with Crippen LogP contribution >= 0.6 is 15.9 Å². The summed E-state index contributed by atoms with van der Waals surface area (Å²) in [5.41, 5.74) is 5.69. The highest BCUT2D eigenvalue weighted by Crippen LogP contribution is 2.22. The van der Waals surface area contributed by atoms with Crippen LogP contribution in [0.3, 0.4) is 0 Å². The molecule has 0 radical (unpaired) electrons. The molecule has 78 valence electrons. The zero-order chi connectivity index (χ0) is 11.3. The van der Waals surface area contributed by atoms with Crippen molar-refractivity contribution >= 4 is 21.6 Å². The van der Waals surface area contributed by atoms with E-state index in [2.05, 4.69) is 27.8 Å². The average Bonchev–Trinajstić information content (AvgIpc) is 2.20. The monoisotopic (exact) mass is 268 g/mol. The Morgan fingerprint density at radius 2 is 2.27 bits per heavy atom. The summed E-state index contributed by atoms with van der Waals surface area (Å²) in [7, 11) is 0. The molecule has 2 N–H and O–H groups in total. The van der Waals surface area contributed by atoms with Gasteiger partial charge in [-0.2, -0.15) is 0 Å². The maximum atomic E-state index is 10.7. The molecule has 0 saturated carbocycles. The zero-order valence-corrected chi connectivity index (χ0v) is 9.45. The van der Waals surface area contributed by atoms with Crippen molar-refractivity contribution < 1.29 is 4.92 Å². The summed E-state index contributed by atoms with van der Waals surface area (Å²) in [5, 5.41) is 10.7. The van der Waals surface area contributed by atoms with Crippen molar-refractivity contribution in [3.63, 3.8) is 0 Å². The van der Waals surface area contributed by atoms with Crippen LogP contribution in [0.1, 0.15) is 12.0 Å². The normalized spacial score (nSPS) is 9.20. The summed E-state index contributed by atoms with van der Waals surface area (Å²) in [6, 6.07) is 4.78. The molecule has 0 atom stereocenters. The van der Waals surface area contributed by atoms with Gasteiger partial charge in [0.1, 0.15) is 5.56 Å². The second kappa shape index (κ2) is 5.49. The smallest absolute Gasteiger partial charge is 0.286 e. The van der Waals surface area contributed by atoms with Gasteiger partial charge in [0.25, 0.3) is 5.69 Å². The van der Waals surface area contributed by atoms with Gasteiger partial charge >= 0.3 is 0 Å². The zero-order valence-electron chi connectivity index (χ0n) is 7.87. The van der Waals surface area contributed by atoms with Gasteiger partial charge in [-0.1, -0.05) is 27.8 Å². The van der Waals surface area contributed by atoms with Crippen LogP contribution in [-0.2, 0) is 0 Å². The van der Waals surface area contributed by atoms with E-state index in [0.717, 1.165) is 0 Å². The molecule has 0 heterocycles. The summed E-state index contributed by atoms with van der Waals surface area (Å²) in [4.78, 5) is 10.3. The van der Waals surface area contributed by atoms with Gasteiger partial charge in [-0.15, -0.1) is 0 Å². The van der Waals surface area contributed by atoms with Crippen molar-refractivity contribution in [2.24, 2.45) is 5.73 Å². The number of hydrogen-bond acceptors (Lipinski definition) is 3. The number of benzene rings is 1. The highest BCUT2D eigenvalue weighted by Gasteiger charge is 2.11. The minimum Gasteiger partial charge on any atom is -0.330 e. The third kappa shape index (κ3) is 3.35. The lowest BCUT2D eigenvalue weighted by atomic mass is 10.2. The van der Waals surface area contributed by atoms with Crippen LogP contribution in [0.25, 0.3) is 0 Å². The van der Waals surface area contributed by atoms with Gasteiger partial charge in [0, 0.05) is 23.5 Å². The van der Waals surface area contributed by atoms with E-state index in [4.69, 9.17) is 5.73 Å². The van der Waals surface area contributed by atoms with Crippen molar-refractivity contribution in [1.29, 1.82) is 0 Å². The average molecular weight is 269 g/mol. The molecule has 15 heavy (non-hydrogen) atoms. The Balaban J connectivity index is 3.08. The van der Waals surface area contributed by atoms with Crippen molar-refractivity contribution in [3.05, 3.63) is 38.3 Å². The summed E-state index contributed by atoms with van der Waals surface area (Å²) in [6.07, 6.45) is 0.535. The Labute approximate surface area is 95.8 Å². The van der Waals surface area contributed by atoms with E-state index in [-0.39, 0.29) is 5.69 Å². The van der Waals surface area contributed by atoms with E-state index in [1.807, 2.05) is 0 Å². The molecule has 0 aliphatic rings.